The van der Waals surface area contributed by atoms with Crippen molar-refractivity contribution in [1.29, 1.82) is 0 Å². The molecule has 8 nitrogen and oxygen atoms in total. The number of hydrogen-bond donors (Lipinski definition) is 1. The number of nitrogens with one attached hydrogen (secondary N) is 1. The molecule has 0 atom stereocenters. The van der Waals surface area contributed by atoms with Gasteiger partial charge in [-0.3, -0.25) is 0 Å². The van der Waals surface area contributed by atoms with E-state index in [1.807, 2.05) is 25.3 Å². The molecule has 0 saturated heterocycles. The highest BCUT2D eigenvalue weighted by Gasteiger charge is 2.24. The highest BCUT2D eigenvalue weighted by atomic mass is 32.1. The van der Waals surface area contributed by atoms with Crippen LogP contribution in [0.1, 0.15) is 20.8 Å². The maximum Gasteiger partial charge on any atom is 0.210 e. The molecule has 2 heterocycles. The van der Waals surface area contributed by atoms with Crippen molar-refractivity contribution in [1.82, 2.24) is 19.7 Å². The second kappa shape index (κ2) is 10.1. The van der Waals surface area contributed by atoms with E-state index in [0.29, 0.717) is 55.4 Å². The van der Waals surface area contributed by atoms with Crippen LogP contribution in [0.4, 0.5) is 19.6 Å². The number of benzene rings is 3. The van der Waals surface area contributed by atoms with Gasteiger partial charge in [-0.25, -0.2) is 13.8 Å². The van der Waals surface area contributed by atoms with E-state index in [1.54, 1.807) is 30.3 Å². The zero-order valence-corrected chi connectivity index (χ0v) is 23.1. The van der Waals surface area contributed by atoms with Crippen molar-refractivity contribution in [2.24, 2.45) is 0 Å². The largest absolute Gasteiger partial charge is 0.493 e. The summed E-state index contributed by atoms with van der Waals surface area (Å²) in [6.07, 6.45) is 0. The summed E-state index contributed by atoms with van der Waals surface area (Å²) in [5.41, 5.74) is 2.22. The van der Waals surface area contributed by atoms with E-state index < -0.39 is 11.4 Å². The number of imidazole rings is 1. The molecule has 0 spiro atoms. The van der Waals surface area contributed by atoms with Gasteiger partial charge in [0.05, 0.1) is 38.1 Å². The minimum Gasteiger partial charge on any atom is -0.493 e. The average Bonchev–Trinajstić information content (AvgIpc) is 3.52. The van der Waals surface area contributed by atoms with Gasteiger partial charge in [-0.15, -0.1) is 10.2 Å². The normalized spacial score (nSPS) is 11.6. The lowest BCUT2D eigenvalue weighted by molar-refractivity contribution is 0.324. The third kappa shape index (κ3) is 4.97. The van der Waals surface area contributed by atoms with E-state index in [1.165, 1.54) is 50.9 Å². The fraction of sp³-hybridized carbons (Fsp3) is 0.250. The number of anilines is 2. The fourth-order valence-corrected chi connectivity index (χ4v) is 5.15. The number of aromatic nitrogens is 4. The van der Waals surface area contributed by atoms with Crippen LogP contribution in [-0.2, 0) is 5.54 Å². The molecule has 5 aromatic rings. The Labute approximate surface area is 228 Å². The summed E-state index contributed by atoms with van der Waals surface area (Å²) >= 11 is 1.24. The molecule has 0 aliphatic rings. The Hall–Kier alpha value is -4.25. The topological polar surface area (TPSA) is 83.3 Å². The van der Waals surface area contributed by atoms with E-state index in [4.69, 9.17) is 19.2 Å². The minimum atomic E-state index is -0.483. The van der Waals surface area contributed by atoms with Crippen molar-refractivity contribution < 1.29 is 23.0 Å². The molecule has 1 N–H and O–H groups in total. The number of fused-ring (bicyclic) bond motifs is 1. The van der Waals surface area contributed by atoms with E-state index in [0.717, 1.165) is 0 Å². The van der Waals surface area contributed by atoms with Gasteiger partial charge in [0.15, 0.2) is 11.5 Å². The Morgan fingerprint density at radius 3 is 2.21 bits per heavy atom. The van der Waals surface area contributed by atoms with Crippen molar-refractivity contribution in [2.75, 3.05) is 26.6 Å². The van der Waals surface area contributed by atoms with Crippen LogP contribution < -0.4 is 19.5 Å². The first-order valence-corrected chi connectivity index (χ1v) is 12.8. The first-order valence-electron chi connectivity index (χ1n) is 12.0. The minimum absolute atomic E-state index is 0.194. The number of hydrogen-bond acceptors (Lipinski definition) is 8. The molecule has 0 radical (unpaired) electrons. The number of nitrogens with zero attached hydrogens (tertiary/aromatic N) is 4. The smallest absolute Gasteiger partial charge is 0.210 e. The quantitative estimate of drug-likeness (QED) is 0.233. The maximum atomic E-state index is 15.4. The average molecular weight is 552 g/mol. The van der Waals surface area contributed by atoms with Gasteiger partial charge in [0.25, 0.3) is 0 Å². The van der Waals surface area contributed by atoms with Gasteiger partial charge in [0.1, 0.15) is 22.5 Å². The molecule has 0 bridgehead atoms. The molecule has 0 saturated carbocycles. The molecule has 0 aliphatic carbocycles. The molecule has 0 amide bonds. The van der Waals surface area contributed by atoms with Gasteiger partial charge < -0.3 is 24.1 Å². The highest BCUT2D eigenvalue weighted by molar-refractivity contribution is 7.18. The van der Waals surface area contributed by atoms with Crippen molar-refractivity contribution in [2.45, 2.75) is 26.3 Å². The summed E-state index contributed by atoms with van der Waals surface area (Å²) < 4.78 is 47.6. The lowest BCUT2D eigenvalue weighted by Gasteiger charge is -2.25. The molecule has 2 aromatic heterocycles. The zero-order valence-electron chi connectivity index (χ0n) is 22.3. The fourth-order valence-electron chi connectivity index (χ4n) is 4.40. The monoisotopic (exact) mass is 551 g/mol. The third-order valence-electron chi connectivity index (χ3n) is 6.08. The lowest BCUT2D eigenvalue weighted by Crippen LogP contribution is -2.22. The molecule has 5 rings (SSSR count). The van der Waals surface area contributed by atoms with Crippen LogP contribution >= 0.6 is 11.3 Å². The van der Waals surface area contributed by atoms with Crippen LogP contribution in [0.15, 0.2) is 48.5 Å². The van der Waals surface area contributed by atoms with Crippen LogP contribution in [0.25, 0.3) is 33.0 Å². The summed E-state index contributed by atoms with van der Waals surface area (Å²) in [7, 11) is 4.60. The number of methoxy groups -OCH3 is 3. The van der Waals surface area contributed by atoms with Crippen LogP contribution in [0, 0.1) is 11.6 Å². The van der Waals surface area contributed by atoms with Gasteiger partial charge in [0, 0.05) is 22.7 Å². The van der Waals surface area contributed by atoms with E-state index in [-0.39, 0.29) is 11.5 Å². The standard InChI is InChI=1S/C28H27F2N5O3S/c1-28(2,3)35-21-13-18(30)19(14-20(21)31-25(35)15-8-7-9-17(29)10-15)32-27-34-33-26(39-27)16-11-22(36-4)24(38-6)23(12-16)37-5/h7-14H,1-6H3,(H,32,34). The molecule has 0 aliphatic heterocycles. The Morgan fingerprint density at radius 1 is 0.872 bits per heavy atom. The SMILES string of the molecule is COc1cc(-c2nnc(Nc3cc4nc(-c5cccc(F)c5)n(C(C)(C)C)c4cc3F)s2)cc(OC)c1OC. The van der Waals surface area contributed by atoms with Crippen LogP contribution in [-0.4, -0.2) is 41.1 Å². The summed E-state index contributed by atoms with van der Waals surface area (Å²) in [5.74, 6) is 1.13. The first kappa shape index (κ1) is 26.4. The zero-order chi connectivity index (χ0) is 27.9. The second-order valence-electron chi connectivity index (χ2n) is 9.72. The molecule has 11 heteroatoms. The van der Waals surface area contributed by atoms with Crippen molar-refractivity contribution >= 4 is 33.2 Å². The summed E-state index contributed by atoms with van der Waals surface area (Å²) in [6.45, 7) is 5.98. The van der Waals surface area contributed by atoms with Crippen molar-refractivity contribution in [3.63, 3.8) is 0 Å². The van der Waals surface area contributed by atoms with Crippen molar-refractivity contribution in [3.05, 3.63) is 60.2 Å². The predicted molar refractivity (Wildman–Crippen MR) is 148 cm³/mol. The summed E-state index contributed by atoms with van der Waals surface area (Å²) in [6, 6.07) is 12.8. The van der Waals surface area contributed by atoms with E-state index >= 15 is 4.39 Å². The third-order valence-corrected chi connectivity index (χ3v) is 6.96. The van der Waals surface area contributed by atoms with Gasteiger partial charge in [-0.05, 0) is 51.1 Å². The van der Waals surface area contributed by atoms with Crippen molar-refractivity contribution in [3.8, 4) is 39.2 Å². The predicted octanol–water partition coefficient (Wildman–Crippen LogP) is 7.02. The Balaban J connectivity index is 1.53. The van der Waals surface area contributed by atoms with Crippen LogP contribution in [0.2, 0.25) is 0 Å². The number of halogens is 2. The summed E-state index contributed by atoms with van der Waals surface area (Å²) in [5, 5.41) is 12.4. The van der Waals surface area contributed by atoms with E-state index in [9.17, 15) is 4.39 Å². The number of rotatable bonds is 7. The van der Waals surface area contributed by atoms with Crippen LogP contribution in [0.5, 0.6) is 17.2 Å². The Morgan fingerprint density at radius 2 is 1.59 bits per heavy atom. The first-order chi connectivity index (χ1) is 18.6. The van der Waals surface area contributed by atoms with Crippen LogP contribution in [0.3, 0.4) is 0 Å². The van der Waals surface area contributed by atoms with E-state index in [2.05, 4.69) is 15.5 Å². The van der Waals surface area contributed by atoms with Gasteiger partial charge >= 0.3 is 0 Å². The molecule has 39 heavy (non-hydrogen) atoms. The molecule has 0 fully saturated rings. The molecule has 0 unspecified atom stereocenters. The molecular formula is C28H27F2N5O3S. The second-order valence-corrected chi connectivity index (χ2v) is 10.7. The lowest BCUT2D eigenvalue weighted by atomic mass is 10.1. The molecule has 3 aromatic carbocycles. The highest BCUT2D eigenvalue weighted by Crippen LogP contribution is 2.42. The van der Waals surface area contributed by atoms with Gasteiger partial charge in [-0.2, -0.15) is 0 Å². The Bertz CT molecular complexity index is 1650. The Kier molecular flexibility index (Phi) is 6.85. The molecule has 202 valence electrons. The van der Waals surface area contributed by atoms with Gasteiger partial charge in [0.2, 0.25) is 10.9 Å². The number of ether oxygens (including phenoxy) is 3. The summed E-state index contributed by atoms with van der Waals surface area (Å²) in [4.78, 5) is 4.76. The van der Waals surface area contributed by atoms with Gasteiger partial charge in [-0.1, -0.05) is 23.5 Å². The maximum absolute atomic E-state index is 15.4. The molecular weight excluding hydrogens is 524 g/mol.